The molecule has 0 aliphatic heterocycles. The van der Waals surface area contributed by atoms with Gasteiger partial charge in [0.1, 0.15) is 12.3 Å². The third kappa shape index (κ3) is 15.2. The lowest BCUT2D eigenvalue weighted by atomic mass is 10.0. The van der Waals surface area contributed by atoms with Gasteiger partial charge in [0.15, 0.2) is 6.54 Å². The molecule has 0 aromatic heterocycles. The van der Waals surface area contributed by atoms with Crippen LogP contribution in [-0.2, 0) is 22.5 Å². The Morgan fingerprint density at radius 3 is 1.95 bits per heavy atom. The number of carbonyl (C=O) groups excluding carboxylic acids is 1. The maximum atomic E-state index is 12.4. The van der Waals surface area contributed by atoms with E-state index in [-0.39, 0.29) is 12.1 Å². The Balaban J connectivity index is 1.53. The minimum absolute atomic E-state index is 0.00730. The van der Waals surface area contributed by atoms with Gasteiger partial charge < -0.3 is 14.0 Å². The summed E-state index contributed by atoms with van der Waals surface area (Å²) in [6.45, 7) is 5.84. The van der Waals surface area contributed by atoms with E-state index in [0.717, 1.165) is 18.7 Å². The molecule has 0 fully saturated rings. The zero-order valence-electron chi connectivity index (χ0n) is 24.8. The van der Waals surface area contributed by atoms with Crippen molar-refractivity contribution in [2.24, 2.45) is 0 Å². The van der Waals surface area contributed by atoms with Crippen LogP contribution in [0.1, 0.15) is 102 Å². The number of hydrogen-bond donors (Lipinski definition) is 0. The maximum absolute atomic E-state index is 12.4. The number of quaternary nitrogens is 1. The predicted octanol–water partition coefficient (Wildman–Crippen LogP) is 8.52. The molecule has 0 bridgehead atoms. The van der Waals surface area contributed by atoms with Crippen LogP contribution in [0.4, 0.5) is 0 Å². The van der Waals surface area contributed by atoms with Crippen LogP contribution in [0.5, 0.6) is 5.75 Å². The fourth-order valence-corrected chi connectivity index (χ4v) is 4.89. The second kappa shape index (κ2) is 18.8. The Morgan fingerprint density at radius 2 is 1.34 bits per heavy atom. The van der Waals surface area contributed by atoms with Crippen molar-refractivity contribution >= 4 is 5.97 Å². The Labute approximate surface area is 233 Å². The topological polar surface area (TPSA) is 35.5 Å². The van der Waals surface area contributed by atoms with Crippen molar-refractivity contribution in [1.82, 2.24) is 0 Å². The van der Waals surface area contributed by atoms with Crippen molar-refractivity contribution < 1.29 is 18.8 Å². The quantitative estimate of drug-likeness (QED) is 0.0932. The lowest BCUT2D eigenvalue weighted by molar-refractivity contribution is -0.896. The van der Waals surface area contributed by atoms with E-state index >= 15 is 0 Å². The van der Waals surface area contributed by atoms with Crippen molar-refractivity contribution in [3.8, 4) is 5.75 Å². The third-order valence-electron chi connectivity index (χ3n) is 7.13. The van der Waals surface area contributed by atoms with E-state index in [4.69, 9.17) is 9.47 Å². The van der Waals surface area contributed by atoms with Crippen molar-refractivity contribution in [3.05, 3.63) is 65.7 Å². The summed E-state index contributed by atoms with van der Waals surface area (Å²) >= 11 is 0. The Bertz CT molecular complexity index is 863. The Morgan fingerprint density at radius 1 is 0.763 bits per heavy atom. The van der Waals surface area contributed by atoms with Gasteiger partial charge in [0, 0.05) is 12.0 Å². The van der Waals surface area contributed by atoms with Gasteiger partial charge in [-0.3, -0.25) is 0 Å². The largest absolute Gasteiger partial charge is 0.491 e. The fourth-order valence-electron chi connectivity index (χ4n) is 4.89. The number of rotatable bonds is 21. The molecule has 4 nitrogen and oxygen atoms in total. The monoisotopic (exact) mass is 524 g/mol. The molecule has 1 unspecified atom stereocenters. The predicted molar refractivity (Wildman–Crippen MR) is 159 cm³/mol. The van der Waals surface area contributed by atoms with Gasteiger partial charge in [-0.2, -0.15) is 0 Å². The highest BCUT2D eigenvalue weighted by molar-refractivity contribution is 5.70. The molecule has 212 valence electrons. The molecule has 0 aliphatic rings. The number of hydrogen-bond acceptors (Lipinski definition) is 3. The summed E-state index contributed by atoms with van der Waals surface area (Å²) in [7, 11) is 4.11. The Hall–Kier alpha value is -2.33. The summed E-state index contributed by atoms with van der Waals surface area (Å²) in [6.07, 6.45) is 17.0. The molecule has 4 heteroatoms. The highest BCUT2D eigenvalue weighted by Crippen LogP contribution is 2.18. The van der Waals surface area contributed by atoms with Gasteiger partial charge in [-0.1, -0.05) is 114 Å². The second-order valence-electron chi connectivity index (χ2n) is 11.6. The molecule has 2 aromatic carbocycles. The normalized spacial score (nSPS) is 12.3. The third-order valence-corrected chi connectivity index (χ3v) is 7.13. The molecule has 0 N–H and O–H groups in total. The first-order valence-electron chi connectivity index (χ1n) is 15.1. The van der Waals surface area contributed by atoms with E-state index in [1.807, 2.05) is 25.1 Å². The van der Waals surface area contributed by atoms with Crippen molar-refractivity contribution in [2.75, 3.05) is 27.2 Å². The molecule has 0 saturated carbocycles. The Kier molecular flexibility index (Phi) is 15.8. The molecule has 0 saturated heterocycles. The summed E-state index contributed by atoms with van der Waals surface area (Å²) in [4.78, 5) is 12.4. The van der Waals surface area contributed by atoms with E-state index in [1.54, 1.807) is 0 Å². The molecule has 1 atom stereocenters. The van der Waals surface area contributed by atoms with Crippen LogP contribution in [-0.4, -0.2) is 43.8 Å². The van der Waals surface area contributed by atoms with Crippen molar-refractivity contribution in [2.45, 2.75) is 110 Å². The smallest absolute Gasteiger partial charge is 0.361 e. The molecular weight excluding hydrogens is 470 g/mol. The van der Waals surface area contributed by atoms with Gasteiger partial charge in [0.05, 0.1) is 26.8 Å². The summed E-state index contributed by atoms with van der Waals surface area (Å²) in [6, 6.07) is 18.8. The molecule has 2 rings (SSSR count). The first kappa shape index (κ1) is 31.9. The summed E-state index contributed by atoms with van der Waals surface area (Å²) < 4.78 is 12.1. The number of likely N-dealkylation sites (N-methyl/N-ethyl adjacent to an activating group) is 1. The number of aryl methyl sites for hydroxylation is 1. The number of esters is 1. The average Bonchev–Trinajstić information content (AvgIpc) is 2.88. The van der Waals surface area contributed by atoms with Crippen LogP contribution in [0.25, 0.3) is 0 Å². The molecule has 0 spiro atoms. The average molecular weight is 525 g/mol. The van der Waals surface area contributed by atoms with Gasteiger partial charge in [-0.05, 0) is 37.5 Å². The van der Waals surface area contributed by atoms with Gasteiger partial charge in [0.2, 0.25) is 0 Å². The zero-order chi connectivity index (χ0) is 27.5. The fraction of sp³-hybridized carbons (Fsp3) is 0.618. The van der Waals surface area contributed by atoms with Gasteiger partial charge >= 0.3 is 5.97 Å². The molecule has 0 heterocycles. The number of benzene rings is 2. The molecule has 0 aliphatic carbocycles. The number of carbonyl (C=O) groups is 1. The van der Waals surface area contributed by atoms with Gasteiger partial charge in [-0.25, -0.2) is 4.79 Å². The highest BCUT2D eigenvalue weighted by atomic mass is 16.5. The minimum atomic E-state index is -0.162. The van der Waals surface area contributed by atoms with E-state index in [2.05, 4.69) is 57.4 Å². The van der Waals surface area contributed by atoms with E-state index < -0.39 is 0 Å². The number of nitrogens with zero attached hydrogens (tertiary/aromatic N) is 1. The first-order valence-corrected chi connectivity index (χ1v) is 15.1. The zero-order valence-corrected chi connectivity index (χ0v) is 24.8. The van der Waals surface area contributed by atoms with Crippen LogP contribution < -0.4 is 4.74 Å². The summed E-state index contributed by atoms with van der Waals surface area (Å²) in [5.74, 6) is 0.720. The number of ether oxygens (including phenoxy) is 2. The maximum Gasteiger partial charge on any atom is 0.361 e. The molecule has 38 heavy (non-hydrogen) atoms. The first-order chi connectivity index (χ1) is 18.4. The summed E-state index contributed by atoms with van der Waals surface area (Å²) in [5, 5.41) is 0. The van der Waals surface area contributed by atoms with Crippen LogP contribution in [0, 0.1) is 0 Å². The lowest BCUT2D eigenvalue weighted by Crippen LogP contribution is -2.43. The van der Waals surface area contributed by atoms with E-state index in [9.17, 15) is 4.79 Å². The molecule has 0 amide bonds. The SMILES string of the molecule is CCCCCCCCCCCCCc1ccc(OC(C)CCOC(=O)C[N+](C)(C)Cc2ccccc2)cc1. The summed E-state index contributed by atoms with van der Waals surface area (Å²) in [5.41, 5.74) is 2.60. The molecular formula is C34H54NO3+. The van der Waals surface area contributed by atoms with Crippen LogP contribution in [0.15, 0.2) is 54.6 Å². The van der Waals surface area contributed by atoms with E-state index in [1.165, 1.54) is 81.8 Å². The van der Waals surface area contributed by atoms with Gasteiger partial charge in [-0.15, -0.1) is 0 Å². The minimum Gasteiger partial charge on any atom is -0.491 e. The van der Waals surface area contributed by atoms with Crippen molar-refractivity contribution in [3.63, 3.8) is 0 Å². The lowest BCUT2D eigenvalue weighted by Gasteiger charge is -2.28. The van der Waals surface area contributed by atoms with Crippen LogP contribution in [0.2, 0.25) is 0 Å². The number of unbranched alkanes of at least 4 members (excludes halogenated alkanes) is 10. The molecule has 0 radical (unpaired) electrons. The van der Waals surface area contributed by atoms with E-state index in [0.29, 0.717) is 24.1 Å². The second-order valence-corrected chi connectivity index (χ2v) is 11.6. The van der Waals surface area contributed by atoms with Crippen LogP contribution >= 0.6 is 0 Å². The van der Waals surface area contributed by atoms with Gasteiger partial charge in [0.25, 0.3) is 0 Å². The van der Waals surface area contributed by atoms with Crippen LogP contribution in [0.3, 0.4) is 0 Å². The highest BCUT2D eigenvalue weighted by Gasteiger charge is 2.22. The molecule has 2 aromatic rings. The standard InChI is InChI=1S/C34H54NO3/c1-5-6-7-8-9-10-11-12-13-14-16-19-31-22-24-33(25-23-31)38-30(2)26-27-37-34(36)29-35(3,4)28-32-20-17-15-18-21-32/h15,17-18,20-25,30H,5-14,16,19,26-29H2,1-4H3/q+1. The van der Waals surface area contributed by atoms with Crippen molar-refractivity contribution in [1.29, 1.82) is 0 Å².